The Balaban J connectivity index is 1.64. The third-order valence-corrected chi connectivity index (χ3v) is 5.16. The van der Waals surface area contributed by atoms with Gasteiger partial charge in [0.15, 0.2) is 0 Å². The number of aromatic nitrogens is 1. The van der Waals surface area contributed by atoms with E-state index < -0.39 is 0 Å². The van der Waals surface area contributed by atoms with E-state index in [1.54, 1.807) is 0 Å². The zero-order valence-corrected chi connectivity index (χ0v) is 15.6. The summed E-state index contributed by atoms with van der Waals surface area (Å²) in [6, 6.07) is 7.82. The Morgan fingerprint density at radius 2 is 1.92 bits per heavy atom. The van der Waals surface area contributed by atoms with Gasteiger partial charge in [-0.3, -0.25) is 4.79 Å². The maximum atomic E-state index is 12.7. The largest absolute Gasteiger partial charge is 0.494 e. The second-order valence-electron chi connectivity index (χ2n) is 5.94. The molecule has 5 nitrogen and oxygen atoms in total. The van der Waals surface area contributed by atoms with Crippen LogP contribution in [0.4, 0.5) is 0 Å². The maximum absolute atomic E-state index is 12.7. The fraction of sp³-hybridized carbons (Fsp3) is 0.474. The average Bonchev–Trinajstić information content (AvgIpc) is 3.13. The van der Waals surface area contributed by atoms with Gasteiger partial charge in [-0.15, -0.1) is 11.3 Å². The zero-order chi connectivity index (χ0) is 17.6. The predicted molar refractivity (Wildman–Crippen MR) is 99.3 cm³/mol. The molecule has 0 bridgehead atoms. The van der Waals surface area contributed by atoms with E-state index in [1.807, 2.05) is 48.4 Å². The first-order valence-corrected chi connectivity index (χ1v) is 9.68. The molecule has 6 heteroatoms. The molecule has 2 heterocycles. The van der Waals surface area contributed by atoms with Crippen molar-refractivity contribution in [2.45, 2.75) is 32.8 Å². The molecule has 2 aromatic rings. The quantitative estimate of drug-likeness (QED) is 0.785. The lowest BCUT2D eigenvalue weighted by molar-refractivity contribution is 0.0144. The van der Waals surface area contributed by atoms with Crippen LogP contribution in [0.25, 0.3) is 10.6 Å². The van der Waals surface area contributed by atoms with Gasteiger partial charge in [0.05, 0.1) is 12.7 Å². The minimum absolute atomic E-state index is 0.0170. The van der Waals surface area contributed by atoms with Crippen LogP contribution in [0.2, 0.25) is 0 Å². The fourth-order valence-electron chi connectivity index (χ4n) is 2.99. The van der Waals surface area contributed by atoms with Gasteiger partial charge in [0, 0.05) is 30.6 Å². The van der Waals surface area contributed by atoms with E-state index in [2.05, 4.69) is 4.98 Å². The molecule has 1 aliphatic heterocycles. The zero-order valence-electron chi connectivity index (χ0n) is 14.7. The number of benzene rings is 1. The summed E-state index contributed by atoms with van der Waals surface area (Å²) in [7, 11) is 0. The Morgan fingerprint density at radius 1 is 1.20 bits per heavy atom. The summed E-state index contributed by atoms with van der Waals surface area (Å²) in [4.78, 5) is 19.1. The van der Waals surface area contributed by atoms with Crippen molar-refractivity contribution in [1.29, 1.82) is 0 Å². The van der Waals surface area contributed by atoms with Gasteiger partial charge in [0.1, 0.15) is 16.5 Å². The van der Waals surface area contributed by atoms with Crippen LogP contribution in [0, 0.1) is 0 Å². The van der Waals surface area contributed by atoms with Crippen molar-refractivity contribution in [3.05, 3.63) is 35.3 Å². The van der Waals surface area contributed by atoms with Crippen LogP contribution in [0.5, 0.6) is 5.75 Å². The fourth-order valence-corrected chi connectivity index (χ4v) is 3.79. The maximum Gasteiger partial charge on any atom is 0.273 e. The molecule has 1 amide bonds. The molecule has 1 aliphatic rings. The van der Waals surface area contributed by atoms with E-state index in [9.17, 15) is 4.79 Å². The number of thiazole rings is 1. The van der Waals surface area contributed by atoms with Crippen molar-refractivity contribution in [3.63, 3.8) is 0 Å². The normalized spacial score (nSPS) is 15.4. The highest BCUT2D eigenvalue weighted by Crippen LogP contribution is 2.27. The second kappa shape index (κ2) is 8.45. The second-order valence-corrected chi connectivity index (χ2v) is 6.80. The van der Waals surface area contributed by atoms with Crippen LogP contribution in [0.1, 0.15) is 37.2 Å². The van der Waals surface area contributed by atoms with Crippen LogP contribution < -0.4 is 4.74 Å². The third-order valence-electron chi connectivity index (χ3n) is 4.27. The lowest BCUT2D eigenvalue weighted by Gasteiger charge is -2.31. The molecule has 0 aliphatic carbocycles. The Labute approximate surface area is 152 Å². The van der Waals surface area contributed by atoms with Crippen molar-refractivity contribution < 1.29 is 14.3 Å². The Morgan fingerprint density at radius 3 is 2.56 bits per heavy atom. The Hall–Kier alpha value is -1.92. The van der Waals surface area contributed by atoms with Gasteiger partial charge in [-0.1, -0.05) is 0 Å². The van der Waals surface area contributed by atoms with Crippen LogP contribution in [0.3, 0.4) is 0 Å². The van der Waals surface area contributed by atoms with Gasteiger partial charge in [0.2, 0.25) is 0 Å². The molecular weight excluding hydrogens is 336 g/mol. The number of ether oxygens (including phenoxy) is 2. The highest BCUT2D eigenvalue weighted by atomic mass is 32.1. The van der Waals surface area contributed by atoms with E-state index in [0.717, 1.165) is 48.9 Å². The highest BCUT2D eigenvalue weighted by molar-refractivity contribution is 7.13. The van der Waals surface area contributed by atoms with E-state index in [4.69, 9.17) is 9.47 Å². The van der Waals surface area contributed by atoms with Crippen molar-refractivity contribution in [2.75, 3.05) is 26.3 Å². The summed E-state index contributed by atoms with van der Waals surface area (Å²) in [6.45, 7) is 6.82. The SMILES string of the molecule is CCOc1ccc(-c2nc(C(=O)N3CCC(OCC)CC3)cs2)cc1. The predicted octanol–water partition coefficient (Wildman–Crippen LogP) is 3.85. The van der Waals surface area contributed by atoms with Crippen molar-refractivity contribution >= 4 is 17.2 Å². The van der Waals surface area contributed by atoms with Gasteiger partial charge in [0.25, 0.3) is 5.91 Å². The molecule has 0 unspecified atom stereocenters. The minimum Gasteiger partial charge on any atom is -0.494 e. The third kappa shape index (κ3) is 4.38. The number of amides is 1. The minimum atomic E-state index is 0.0170. The number of carbonyl (C=O) groups excluding carboxylic acids is 1. The summed E-state index contributed by atoms with van der Waals surface area (Å²) in [5.41, 5.74) is 1.53. The van der Waals surface area contributed by atoms with E-state index in [0.29, 0.717) is 12.3 Å². The lowest BCUT2D eigenvalue weighted by Crippen LogP contribution is -2.41. The number of likely N-dealkylation sites (tertiary alicyclic amines) is 1. The average molecular weight is 360 g/mol. The van der Waals surface area contributed by atoms with Crippen molar-refractivity contribution in [1.82, 2.24) is 9.88 Å². The van der Waals surface area contributed by atoms with Gasteiger partial charge < -0.3 is 14.4 Å². The molecule has 0 atom stereocenters. The summed E-state index contributed by atoms with van der Waals surface area (Å²) >= 11 is 1.50. The molecule has 0 radical (unpaired) electrons. The molecule has 134 valence electrons. The van der Waals surface area contributed by atoms with E-state index in [-0.39, 0.29) is 12.0 Å². The molecule has 1 saturated heterocycles. The van der Waals surface area contributed by atoms with Crippen LogP contribution in [-0.2, 0) is 4.74 Å². The monoisotopic (exact) mass is 360 g/mol. The molecule has 3 rings (SSSR count). The molecular formula is C19H24N2O3S. The van der Waals surface area contributed by atoms with Gasteiger partial charge in [-0.2, -0.15) is 0 Å². The number of hydrogen-bond acceptors (Lipinski definition) is 5. The van der Waals surface area contributed by atoms with E-state index in [1.165, 1.54) is 11.3 Å². The molecule has 1 fully saturated rings. The number of piperidine rings is 1. The first-order valence-electron chi connectivity index (χ1n) is 8.81. The smallest absolute Gasteiger partial charge is 0.273 e. The van der Waals surface area contributed by atoms with Crippen LogP contribution >= 0.6 is 11.3 Å². The highest BCUT2D eigenvalue weighted by Gasteiger charge is 2.25. The first kappa shape index (κ1) is 17.9. The number of hydrogen-bond donors (Lipinski definition) is 0. The Kier molecular flexibility index (Phi) is 6.04. The number of nitrogens with zero attached hydrogens (tertiary/aromatic N) is 2. The lowest BCUT2D eigenvalue weighted by atomic mass is 10.1. The molecule has 0 spiro atoms. The Bertz CT molecular complexity index is 691. The van der Waals surface area contributed by atoms with Gasteiger partial charge in [-0.25, -0.2) is 4.98 Å². The number of rotatable bonds is 6. The summed E-state index contributed by atoms with van der Waals surface area (Å²) in [5, 5.41) is 2.71. The van der Waals surface area contributed by atoms with Gasteiger partial charge in [-0.05, 0) is 51.0 Å². The molecule has 1 aromatic carbocycles. The van der Waals surface area contributed by atoms with E-state index >= 15 is 0 Å². The van der Waals surface area contributed by atoms with Crippen LogP contribution in [-0.4, -0.2) is 48.2 Å². The standard InChI is InChI=1S/C19H24N2O3S/c1-3-23-15-7-5-14(6-8-15)18-20-17(13-25-18)19(22)21-11-9-16(10-12-21)24-4-2/h5-8,13,16H,3-4,9-12H2,1-2H3. The summed E-state index contributed by atoms with van der Waals surface area (Å²) in [5.74, 6) is 0.861. The molecule has 0 saturated carbocycles. The topological polar surface area (TPSA) is 51.7 Å². The van der Waals surface area contributed by atoms with Gasteiger partial charge >= 0.3 is 0 Å². The van der Waals surface area contributed by atoms with Crippen LogP contribution in [0.15, 0.2) is 29.6 Å². The summed E-state index contributed by atoms with van der Waals surface area (Å²) < 4.78 is 11.1. The number of carbonyl (C=O) groups is 1. The van der Waals surface area contributed by atoms with Crippen molar-refractivity contribution in [2.24, 2.45) is 0 Å². The molecule has 1 aromatic heterocycles. The summed E-state index contributed by atoms with van der Waals surface area (Å²) in [6.07, 6.45) is 2.08. The molecule has 0 N–H and O–H groups in total. The van der Waals surface area contributed by atoms with Crippen molar-refractivity contribution in [3.8, 4) is 16.3 Å². The molecule has 25 heavy (non-hydrogen) atoms. The first-order chi connectivity index (χ1) is 12.2.